The molecule has 3 N–H and O–H groups in total. The maximum absolute atomic E-state index is 12.9. The van der Waals surface area contributed by atoms with Crippen LogP contribution in [0.3, 0.4) is 0 Å². The maximum Gasteiger partial charge on any atom is 0.243 e. The molecule has 86 valence electrons. The number of halogens is 1. The second-order valence-corrected chi connectivity index (χ2v) is 3.29. The molecule has 2 heterocycles. The molecule has 0 amide bonds. The van der Waals surface area contributed by atoms with Crippen LogP contribution in [0.4, 0.5) is 10.3 Å². The molecule has 0 bridgehead atoms. The van der Waals surface area contributed by atoms with Gasteiger partial charge in [-0.1, -0.05) is 0 Å². The zero-order valence-corrected chi connectivity index (χ0v) is 8.34. The molecule has 0 unspecified atom stereocenters. The van der Waals surface area contributed by atoms with Crippen molar-refractivity contribution in [1.82, 2.24) is 14.6 Å². The van der Waals surface area contributed by atoms with Crippen molar-refractivity contribution in [3.05, 3.63) is 24.1 Å². The summed E-state index contributed by atoms with van der Waals surface area (Å²) in [4.78, 5) is 4.04. The van der Waals surface area contributed by atoms with E-state index in [9.17, 15) is 4.39 Å². The molecule has 0 aliphatic carbocycles. The fraction of sp³-hybridized carbons (Fsp3) is 0.333. The van der Waals surface area contributed by atoms with E-state index in [1.54, 1.807) is 0 Å². The number of fused-ring (bicyclic) bond motifs is 1. The Kier molecular flexibility index (Phi) is 2.97. The number of anilines is 1. The zero-order valence-electron chi connectivity index (χ0n) is 8.34. The zero-order chi connectivity index (χ0) is 11.5. The predicted octanol–water partition coefficient (Wildman–Crippen LogP) is -0.367. The number of hydrogen-bond acceptors (Lipinski definition) is 5. The van der Waals surface area contributed by atoms with Crippen molar-refractivity contribution < 1.29 is 14.6 Å². The van der Waals surface area contributed by atoms with Crippen LogP contribution in [0.5, 0.6) is 0 Å². The summed E-state index contributed by atoms with van der Waals surface area (Å²) < 4.78 is 14.1. The molecule has 0 aromatic carbocycles. The van der Waals surface area contributed by atoms with Gasteiger partial charge in [-0.25, -0.2) is 8.91 Å². The summed E-state index contributed by atoms with van der Waals surface area (Å²) in [6, 6.07) is 2.24. The van der Waals surface area contributed by atoms with E-state index in [1.807, 2.05) is 0 Å². The van der Waals surface area contributed by atoms with E-state index in [-0.39, 0.29) is 19.2 Å². The molecule has 0 atom stereocenters. The number of aromatic nitrogens is 3. The van der Waals surface area contributed by atoms with Crippen LogP contribution in [-0.2, 0) is 0 Å². The van der Waals surface area contributed by atoms with Crippen LogP contribution in [0.25, 0.3) is 5.65 Å². The molecule has 0 radical (unpaired) electrons. The first-order valence-corrected chi connectivity index (χ1v) is 4.73. The summed E-state index contributed by atoms with van der Waals surface area (Å²) in [5.41, 5.74) is 0.485. The van der Waals surface area contributed by atoms with Crippen LogP contribution >= 0.6 is 0 Å². The third-order valence-electron chi connectivity index (χ3n) is 2.07. The lowest BCUT2D eigenvalue weighted by molar-refractivity contribution is 0.203. The maximum atomic E-state index is 12.9. The number of aliphatic hydroxyl groups excluding tert-OH is 2. The van der Waals surface area contributed by atoms with Gasteiger partial charge in [0.15, 0.2) is 5.65 Å². The van der Waals surface area contributed by atoms with Gasteiger partial charge in [-0.2, -0.15) is 4.98 Å². The second kappa shape index (κ2) is 4.42. The fourth-order valence-electron chi connectivity index (χ4n) is 1.25. The molecule has 0 spiro atoms. The van der Waals surface area contributed by atoms with Gasteiger partial charge in [0.25, 0.3) is 0 Å². The molecule has 0 aliphatic rings. The summed E-state index contributed by atoms with van der Waals surface area (Å²) in [5, 5.41) is 24.4. The van der Waals surface area contributed by atoms with Crippen LogP contribution in [0.1, 0.15) is 0 Å². The number of nitrogens with zero attached hydrogens (tertiary/aromatic N) is 3. The SMILES string of the molecule is OCC(CO)Nc1nc2ccc(F)cn2n1. The van der Waals surface area contributed by atoms with E-state index in [0.29, 0.717) is 5.65 Å². The summed E-state index contributed by atoms with van der Waals surface area (Å²) in [7, 11) is 0. The molecule has 0 saturated carbocycles. The molecule has 2 aromatic heterocycles. The first-order chi connectivity index (χ1) is 7.72. The van der Waals surface area contributed by atoms with E-state index in [2.05, 4.69) is 15.4 Å². The van der Waals surface area contributed by atoms with Gasteiger partial charge in [-0.05, 0) is 12.1 Å². The fourth-order valence-corrected chi connectivity index (χ4v) is 1.25. The topological polar surface area (TPSA) is 82.7 Å². The highest BCUT2D eigenvalue weighted by Crippen LogP contribution is 2.07. The lowest BCUT2D eigenvalue weighted by Gasteiger charge is -2.10. The minimum absolute atomic E-state index is 0.235. The average molecular weight is 226 g/mol. The number of rotatable bonds is 4. The van der Waals surface area contributed by atoms with Crippen molar-refractivity contribution in [3.63, 3.8) is 0 Å². The van der Waals surface area contributed by atoms with Crippen molar-refractivity contribution in [2.45, 2.75) is 6.04 Å². The summed E-state index contributed by atoms with van der Waals surface area (Å²) in [5.74, 6) is -0.177. The van der Waals surface area contributed by atoms with Gasteiger partial charge in [-0.3, -0.25) is 0 Å². The molecular weight excluding hydrogens is 215 g/mol. The summed E-state index contributed by atoms with van der Waals surface area (Å²) in [6.07, 6.45) is 1.19. The molecule has 0 saturated heterocycles. The Hall–Kier alpha value is -1.73. The number of pyridine rings is 1. The molecule has 16 heavy (non-hydrogen) atoms. The molecule has 6 nitrogen and oxygen atoms in total. The summed E-state index contributed by atoms with van der Waals surface area (Å²) >= 11 is 0. The van der Waals surface area contributed by atoms with E-state index in [0.717, 1.165) is 0 Å². The molecule has 0 aliphatic heterocycles. The highest BCUT2D eigenvalue weighted by atomic mass is 19.1. The molecular formula is C9H11FN4O2. The third kappa shape index (κ3) is 2.10. The smallest absolute Gasteiger partial charge is 0.243 e. The van der Waals surface area contributed by atoms with Crippen molar-refractivity contribution >= 4 is 11.6 Å². The predicted molar refractivity (Wildman–Crippen MR) is 54.5 cm³/mol. The largest absolute Gasteiger partial charge is 0.394 e. The molecule has 0 fully saturated rings. The van der Waals surface area contributed by atoms with Crippen molar-refractivity contribution in [1.29, 1.82) is 0 Å². The van der Waals surface area contributed by atoms with Crippen LogP contribution in [0.15, 0.2) is 18.3 Å². The van der Waals surface area contributed by atoms with Gasteiger partial charge in [0.2, 0.25) is 5.95 Å². The minimum atomic E-state index is -0.526. The standard InChI is InChI=1S/C9H11FN4O2/c10-6-1-2-8-12-9(13-14(8)3-6)11-7(4-15)5-16/h1-3,7,15-16H,4-5H2,(H,11,13). The number of aliphatic hydroxyl groups is 2. The van der Waals surface area contributed by atoms with E-state index in [1.165, 1.54) is 22.8 Å². The lowest BCUT2D eigenvalue weighted by atomic mass is 10.3. The van der Waals surface area contributed by atoms with Crippen LogP contribution in [0.2, 0.25) is 0 Å². The number of nitrogens with one attached hydrogen (secondary N) is 1. The monoisotopic (exact) mass is 226 g/mol. The van der Waals surface area contributed by atoms with Gasteiger partial charge in [0, 0.05) is 0 Å². The first-order valence-electron chi connectivity index (χ1n) is 4.73. The quantitative estimate of drug-likeness (QED) is 0.662. The normalized spacial score (nSPS) is 11.2. The van der Waals surface area contributed by atoms with Gasteiger partial charge >= 0.3 is 0 Å². The van der Waals surface area contributed by atoms with Gasteiger partial charge in [-0.15, -0.1) is 5.10 Å². The number of hydrogen-bond donors (Lipinski definition) is 3. The van der Waals surface area contributed by atoms with Crippen molar-refractivity contribution in [3.8, 4) is 0 Å². The second-order valence-electron chi connectivity index (χ2n) is 3.29. The highest BCUT2D eigenvalue weighted by Gasteiger charge is 2.09. The average Bonchev–Trinajstić information content (AvgIpc) is 2.67. The Morgan fingerprint density at radius 1 is 1.38 bits per heavy atom. The lowest BCUT2D eigenvalue weighted by Crippen LogP contribution is -2.28. The highest BCUT2D eigenvalue weighted by molar-refractivity contribution is 5.43. The Labute approximate surface area is 90.4 Å². The minimum Gasteiger partial charge on any atom is -0.394 e. The van der Waals surface area contributed by atoms with Crippen LogP contribution in [0, 0.1) is 5.82 Å². The van der Waals surface area contributed by atoms with Gasteiger partial charge in [0.05, 0.1) is 25.5 Å². The first kappa shape index (κ1) is 10.8. The molecule has 2 rings (SSSR count). The van der Waals surface area contributed by atoms with Gasteiger partial charge in [0.1, 0.15) is 5.82 Å². The van der Waals surface area contributed by atoms with Crippen LogP contribution < -0.4 is 5.32 Å². The van der Waals surface area contributed by atoms with E-state index < -0.39 is 11.9 Å². The third-order valence-corrected chi connectivity index (χ3v) is 2.07. The van der Waals surface area contributed by atoms with Crippen molar-refractivity contribution in [2.24, 2.45) is 0 Å². The van der Waals surface area contributed by atoms with Crippen molar-refractivity contribution in [2.75, 3.05) is 18.5 Å². The van der Waals surface area contributed by atoms with E-state index >= 15 is 0 Å². The Morgan fingerprint density at radius 3 is 2.81 bits per heavy atom. The molecule has 2 aromatic rings. The summed E-state index contributed by atoms with van der Waals surface area (Å²) in [6.45, 7) is -0.471. The Morgan fingerprint density at radius 2 is 2.12 bits per heavy atom. The Balaban J connectivity index is 2.25. The Bertz CT molecular complexity index is 483. The van der Waals surface area contributed by atoms with Crippen LogP contribution in [-0.4, -0.2) is 44.1 Å². The molecule has 7 heteroatoms. The van der Waals surface area contributed by atoms with Gasteiger partial charge < -0.3 is 15.5 Å². The van der Waals surface area contributed by atoms with E-state index in [4.69, 9.17) is 10.2 Å².